The lowest BCUT2D eigenvalue weighted by Crippen LogP contribution is -2.11. The van der Waals surface area contributed by atoms with E-state index in [4.69, 9.17) is 17.0 Å². The fraction of sp³-hybridized carbons (Fsp3) is 0.118. The molecule has 0 saturated heterocycles. The lowest BCUT2D eigenvalue weighted by molar-refractivity contribution is 0.340. The largest absolute Gasteiger partial charge is 0.494 e. The Bertz CT molecular complexity index is 984. The van der Waals surface area contributed by atoms with Gasteiger partial charge in [0, 0.05) is 15.6 Å². The number of aromatic nitrogens is 3. The number of benzene rings is 2. The summed E-state index contributed by atoms with van der Waals surface area (Å²) >= 11 is 8.52. The van der Waals surface area contributed by atoms with Crippen molar-refractivity contribution in [3.05, 3.63) is 63.1 Å². The van der Waals surface area contributed by atoms with Crippen molar-refractivity contribution in [2.45, 2.75) is 6.92 Å². The zero-order valence-electron chi connectivity index (χ0n) is 13.7. The summed E-state index contributed by atoms with van der Waals surface area (Å²) in [5.74, 6) is 0.944. The van der Waals surface area contributed by atoms with Gasteiger partial charge in [0.1, 0.15) is 11.6 Å². The second-order valence-corrected chi connectivity index (χ2v) is 6.47. The molecule has 3 aromatic rings. The van der Waals surface area contributed by atoms with Crippen molar-refractivity contribution in [3.8, 4) is 17.1 Å². The molecule has 2 aromatic carbocycles. The normalized spacial score (nSPS) is 11.0. The zero-order valence-corrected chi connectivity index (χ0v) is 16.1. The van der Waals surface area contributed by atoms with Crippen LogP contribution in [-0.4, -0.2) is 27.7 Å². The monoisotopic (exact) mass is 435 g/mol. The number of hydrogen-bond acceptors (Lipinski definition) is 5. The van der Waals surface area contributed by atoms with Gasteiger partial charge in [-0.3, -0.25) is 0 Å². The van der Waals surface area contributed by atoms with Crippen molar-refractivity contribution in [2.24, 2.45) is 5.10 Å². The molecule has 0 radical (unpaired) electrons. The molecule has 0 atom stereocenters. The fourth-order valence-corrected chi connectivity index (χ4v) is 2.77. The average molecular weight is 436 g/mol. The SMILES string of the molecule is CCOc1ccc(-c2n[nH]c(=S)n2N/N=C/c2cc(Br)ccc2F)cc1. The molecular formula is C17H15BrFN5OS. The molecule has 0 aliphatic heterocycles. The summed E-state index contributed by atoms with van der Waals surface area (Å²) in [5, 5.41) is 11.0. The second kappa shape index (κ2) is 8.24. The number of nitrogens with zero attached hydrogens (tertiary/aromatic N) is 3. The van der Waals surface area contributed by atoms with E-state index in [0.29, 0.717) is 22.8 Å². The van der Waals surface area contributed by atoms with Crippen LogP contribution in [0.5, 0.6) is 5.75 Å². The highest BCUT2D eigenvalue weighted by Crippen LogP contribution is 2.20. The van der Waals surface area contributed by atoms with Crippen LogP contribution in [0.25, 0.3) is 11.4 Å². The summed E-state index contributed by atoms with van der Waals surface area (Å²) in [7, 11) is 0. The summed E-state index contributed by atoms with van der Waals surface area (Å²) in [5.41, 5.74) is 3.92. The van der Waals surface area contributed by atoms with E-state index in [-0.39, 0.29) is 5.82 Å². The Morgan fingerprint density at radius 1 is 1.35 bits per heavy atom. The molecule has 26 heavy (non-hydrogen) atoms. The van der Waals surface area contributed by atoms with Crippen molar-refractivity contribution < 1.29 is 9.13 Å². The first-order chi connectivity index (χ1) is 12.6. The summed E-state index contributed by atoms with van der Waals surface area (Å²) in [6.07, 6.45) is 1.37. The van der Waals surface area contributed by atoms with E-state index in [9.17, 15) is 4.39 Å². The highest BCUT2D eigenvalue weighted by molar-refractivity contribution is 9.10. The minimum atomic E-state index is -0.374. The highest BCUT2D eigenvalue weighted by atomic mass is 79.9. The Morgan fingerprint density at radius 2 is 2.12 bits per heavy atom. The van der Waals surface area contributed by atoms with Crippen LogP contribution in [0.2, 0.25) is 0 Å². The van der Waals surface area contributed by atoms with Gasteiger partial charge in [0.05, 0.1) is 12.8 Å². The van der Waals surface area contributed by atoms with Gasteiger partial charge in [-0.25, -0.2) is 15.0 Å². The van der Waals surface area contributed by atoms with Gasteiger partial charge in [0.15, 0.2) is 5.82 Å². The summed E-state index contributed by atoms with van der Waals surface area (Å²) < 4.78 is 21.8. The predicted octanol–water partition coefficient (Wildman–Crippen LogP) is 4.49. The first-order valence-corrected chi connectivity index (χ1v) is 8.93. The minimum absolute atomic E-state index is 0.334. The van der Waals surface area contributed by atoms with Crippen molar-refractivity contribution >= 4 is 34.4 Å². The molecule has 1 aromatic heterocycles. The second-order valence-electron chi connectivity index (χ2n) is 5.17. The molecule has 0 spiro atoms. The summed E-state index contributed by atoms with van der Waals surface area (Å²) in [4.78, 5) is 0. The predicted molar refractivity (Wildman–Crippen MR) is 105 cm³/mol. The van der Waals surface area contributed by atoms with E-state index >= 15 is 0 Å². The van der Waals surface area contributed by atoms with E-state index in [0.717, 1.165) is 15.8 Å². The van der Waals surface area contributed by atoms with E-state index in [1.165, 1.54) is 17.0 Å². The van der Waals surface area contributed by atoms with Gasteiger partial charge in [0.2, 0.25) is 4.77 Å². The van der Waals surface area contributed by atoms with Crippen molar-refractivity contribution in [3.63, 3.8) is 0 Å². The number of halogens is 2. The topological polar surface area (TPSA) is 67.2 Å². The Hall–Kier alpha value is -2.52. The first kappa shape index (κ1) is 18.3. The van der Waals surface area contributed by atoms with Crippen molar-refractivity contribution in [1.82, 2.24) is 14.9 Å². The maximum Gasteiger partial charge on any atom is 0.216 e. The van der Waals surface area contributed by atoms with Crippen LogP contribution in [0.4, 0.5) is 4.39 Å². The van der Waals surface area contributed by atoms with Gasteiger partial charge in [-0.15, -0.1) is 0 Å². The van der Waals surface area contributed by atoms with E-state index in [1.807, 2.05) is 31.2 Å². The van der Waals surface area contributed by atoms with Crippen LogP contribution < -0.4 is 10.3 Å². The van der Waals surface area contributed by atoms with Crippen LogP contribution in [0.3, 0.4) is 0 Å². The average Bonchev–Trinajstić information content (AvgIpc) is 3.00. The van der Waals surface area contributed by atoms with E-state index in [1.54, 1.807) is 12.1 Å². The Labute approximate surface area is 162 Å². The van der Waals surface area contributed by atoms with Crippen LogP contribution in [0.1, 0.15) is 12.5 Å². The number of H-pyrrole nitrogens is 1. The Morgan fingerprint density at radius 3 is 2.85 bits per heavy atom. The number of hydrazone groups is 1. The van der Waals surface area contributed by atoms with Gasteiger partial charge in [-0.05, 0) is 61.6 Å². The molecule has 0 aliphatic rings. The third-order valence-electron chi connectivity index (χ3n) is 3.42. The van der Waals surface area contributed by atoms with Gasteiger partial charge < -0.3 is 4.74 Å². The van der Waals surface area contributed by atoms with Crippen molar-refractivity contribution in [1.29, 1.82) is 0 Å². The van der Waals surface area contributed by atoms with Crippen LogP contribution in [0, 0.1) is 10.6 Å². The molecule has 0 amide bonds. The Kier molecular flexibility index (Phi) is 5.79. The zero-order chi connectivity index (χ0) is 18.5. The smallest absolute Gasteiger partial charge is 0.216 e. The fourth-order valence-electron chi connectivity index (χ4n) is 2.22. The minimum Gasteiger partial charge on any atom is -0.494 e. The number of hydrogen-bond donors (Lipinski definition) is 2. The summed E-state index contributed by atoms with van der Waals surface area (Å²) in [6.45, 7) is 2.52. The number of ether oxygens (including phenoxy) is 1. The number of nitrogens with one attached hydrogen (secondary N) is 2. The molecule has 0 saturated carbocycles. The standard InChI is InChI=1S/C17H15BrFN5OS/c1-2-25-14-6-3-11(4-7-14)16-21-22-17(26)24(16)23-20-10-12-9-13(18)5-8-15(12)19/h3-10,23H,2H2,1H3,(H,22,26)/b20-10+. The van der Waals surface area contributed by atoms with Crippen LogP contribution in [0.15, 0.2) is 52.0 Å². The molecule has 0 aliphatic carbocycles. The maximum atomic E-state index is 13.8. The molecule has 6 nitrogen and oxygen atoms in total. The Balaban J connectivity index is 1.83. The lowest BCUT2D eigenvalue weighted by atomic mass is 10.2. The molecule has 9 heteroatoms. The molecule has 0 unspecified atom stereocenters. The molecule has 2 N–H and O–H groups in total. The van der Waals surface area contributed by atoms with Gasteiger partial charge >= 0.3 is 0 Å². The van der Waals surface area contributed by atoms with Crippen LogP contribution in [-0.2, 0) is 0 Å². The lowest BCUT2D eigenvalue weighted by Gasteiger charge is -2.07. The maximum absolute atomic E-state index is 13.8. The molecule has 3 rings (SSSR count). The molecule has 134 valence electrons. The van der Waals surface area contributed by atoms with Gasteiger partial charge in [0.25, 0.3) is 0 Å². The summed E-state index contributed by atoms with van der Waals surface area (Å²) in [6, 6.07) is 12.0. The molecular weight excluding hydrogens is 421 g/mol. The molecule has 0 bridgehead atoms. The molecule has 1 heterocycles. The van der Waals surface area contributed by atoms with Crippen LogP contribution >= 0.6 is 28.1 Å². The van der Waals surface area contributed by atoms with Gasteiger partial charge in [-0.2, -0.15) is 14.9 Å². The highest BCUT2D eigenvalue weighted by Gasteiger charge is 2.09. The molecule has 0 fully saturated rings. The third-order valence-corrected chi connectivity index (χ3v) is 4.18. The van der Waals surface area contributed by atoms with Gasteiger partial charge in [-0.1, -0.05) is 15.9 Å². The van der Waals surface area contributed by atoms with E-state index < -0.39 is 0 Å². The van der Waals surface area contributed by atoms with E-state index in [2.05, 4.69) is 36.8 Å². The first-order valence-electron chi connectivity index (χ1n) is 7.73. The third kappa shape index (κ3) is 4.17. The number of aromatic amines is 1. The van der Waals surface area contributed by atoms with Crippen molar-refractivity contribution in [2.75, 3.05) is 12.1 Å². The quantitative estimate of drug-likeness (QED) is 0.340. The number of rotatable bonds is 6.